The first-order valence-electron chi connectivity index (χ1n) is 6.69. The third-order valence-corrected chi connectivity index (χ3v) is 4.27. The summed E-state index contributed by atoms with van der Waals surface area (Å²) in [6, 6.07) is 9.74. The third kappa shape index (κ3) is 6.16. The van der Waals surface area contributed by atoms with Crippen LogP contribution >= 0.6 is 0 Å². The average Bonchev–Trinajstić information content (AvgIpc) is 2.42. The molecule has 0 bridgehead atoms. The highest BCUT2D eigenvalue weighted by atomic mass is 32.2. The molecule has 112 valence electrons. The van der Waals surface area contributed by atoms with Gasteiger partial charge in [-0.15, -0.1) is 0 Å². The number of carbonyl (C=O) groups is 1. The van der Waals surface area contributed by atoms with Crippen LogP contribution in [0.3, 0.4) is 0 Å². The molecule has 0 aliphatic carbocycles. The molecule has 1 aromatic rings. The van der Waals surface area contributed by atoms with E-state index >= 15 is 0 Å². The van der Waals surface area contributed by atoms with Crippen LogP contribution < -0.4 is 5.32 Å². The first kappa shape index (κ1) is 16.7. The van der Waals surface area contributed by atoms with Gasteiger partial charge >= 0.3 is 0 Å². The maximum absolute atomic E-state index is 11.7. The number of nitrogens with one attached hydrogen (secondary N) is 1. The summed E-state index contributed by atoms with van der Waals surface area (Å²) in [6.07, 6.45) is 2.26. The van der Waals surface area contributed by atoms with E-state index in [1.54, 1.807) is 6.92 Å². The lowest BCUT2D eigenvalue weighted by Crippen LogP contribution is -2.39. The van der Waals surface area contributed by atoms with E-state index in [4.69, 9.17) is 0 Å². The zero-order chi connectivity index (χ0) is 15.0. The first-order chi connectivity index (χ1) is 9.43. The second-order valence-corrected chi connectivity index (χ2v) is 6.58. The standard InChI is InChI=1S/C14H22N2O3S/c1-3-14(17)15-10-12-16(20(2,18)19)11-9-13-7-5-4-6-8-13/h4-8H,3,9-12H2,1-2H3,(H,15,17). The molecule has 0 saturated carbocycles. The van der Waals surface area contributed by atoms with Crippen molar-refractivity contribution in [2.24, 2.45) is 0 Å². The number of hydrogen-bond acceptors (Lipinski definition) is 3. The predicted molar refractivity (Wildman–Crippen MR) is 79.9 cm³/mol. The van der Waals surface area contributed by atoms with E-state index in [0.717, 1.165) is 5.56 Å². The van der Waals surface area contributed by atoms with Crippen LogP contribution in [0.15, 0.2) is 30.3 Å². The lowest BCUT2D eigenvalue weighted by atomic mass is 10.1. The fraction of sp³-hybridized carbons (Fsp3) is 0.500. The molecule has 0 aliphatic rings. The minimum atomic E-state index is -3.26. The zero-order valence-electron chi connectivity index (χ0n) is 12.0. The number of amides is 1. The van der Waals surface area contributed by atoms with Crippen molar-refractivity contribution in [2.45, 2.75) is 19.8 Å². The molecule has 1 aromatic carbocycles. The SMILES string of the molecule is CCC(=O)NCCN(CCc1ccccc1)S(C)(=O)=O. The molecule has 0 saturated heterocycles. The van der Waals surface area contributed by atoms with Crippen molar-refractivity contribution in [1.29, 1.82) is 0 Å². The molecule has 0 aliphatic heterocycles. The Kier molecular flexibility index (Phi) is 6.67. The summed E-state index contributed by atoms with van der Waals surface area (Å²) in [4.78, 5) is 11.1. The summed E-state index contributed by atoms with van der Waals surface area (Å²) in [5.74, 6) is -0.0680. The van der Waals surface area contributed by atoms with E-state index in [-0.39, 0.29) is 5.91 Å². The zero-order valence-corrected chi connectivity index (χ0v) is 12.8. The van der Waals surface area contributed by atoms with E-state index in [2.05, 4.69) is 5.32 Å². The molecule has 0 radical (unpaired) electrons. The van der Waals surface area contributed by atoms with Crippen molar-refractivity contribution in [1.82, 2.24) is 9.62 Å². The van der Waals surface area contributed by atoms with Gasteiger partial charge in [-0.3, -0.25) is 4.79 Å². The van der Waals surface area contributed by atoms with Crippen LogP contribution in [-0.4, -0.2) is 44.5 Å². The minimum Gasteiger partial charge on any atom is -0.355 e. The summed E-state index contributed by atoms with van der Waals surface area (Å²) >= 11 is 0. The van der Waals surface area contributed by atoms with Crippen molar-refractivity contribution >= 4 is 15.9 Å². The highest BCUT2D eigenvalue weighted by Crippen LogP contribution is 2.04. The molecule has 0 spiro atoms. The van der Waals surface area contributed by atoms with Gasteiger partial charge in [-0.2, -0.15) is 0 Å². The van der Waals surface area contributed by atoms with Crippen molar-refractivity contribution in [3.8, 4) is 0 Å². The van der Waals surface area contributed by atoms with Gasteiger partial charge in [0.15, 0.2) is 0 Å². The summed E-state index contributed by atoms with van der Waals surface area (Å²) in [5, 5.41) is 2.69. The number of sulfonamides is 1. The maximum Gasteiger partial charge on any atom is 0.219 e. The van der Waals surface area contributed by atoms with Crippen LogP contribution in [0.4, 0.5) is 0 Å². The van der Waals surface area contributed by atoms with Gasteiger partial charge in [-0.05, 0) is 12.0 Å². The van der Waals surface area contributed by atoms with Crippen LogP contribution in [0.25, 0.3) is 0 Å². The molecule has 0 aromatic heterocycles. The van der Waals surface area contributed by atoms with Crippen molar-refractivity contribution in [2.75, 3.05) is 25.9 Å². The van der Waals surface area contributed by atoms with Gasteiger partial charge in [-0.1, -0.05) is 37.3 Å². The average molecular weight is 298 g/mol. The molecule has 0 fully saturated rings. The van der Waals surface area contributed by atoms with Crippen LogP contribution in [0.2, 0.25) is 0 Å². The molecule has 0 unspecified atom stereocenters. The Hall–Kier alpha value is -1.40. The second-order valence-electron chi connectivity index (χ2n) is 4.60. The van der Waals surface area contributed by atoms with Gasteiger partial charge in [0.05, 0.1) is 6.26 Å². The molecule has 6 heteroatoms. The van der Waals surface area contributed by atoms with Crippen LogP contribution in [0.1, 0.15) is 18.9 Å². The van der Waals surface area contributed by atoms with E-state index in [9.17, 15) is 13.2 Å². The molecular weight excluding hydrogens is 276 g/mol. The molecule has 5 nitrogen and oxygen atoms in total. The molecule has 1 rings (SSSR count). The quantitative estimate of drug-likeness (QED) is 0.779. The van der Waals surface area contributed by atoms with Crippen LogP contribution in [-0.2, 0) is 21.2 Å². The van der Waals surface area contributed by atoms with Crippen molar-refractivity contribution in [3.05, 3.63) is 35.9 Å². The van der Waals surface area contributed by atoms with Gasteiger partial charge in [-0.25, -0.2) is 12.7 Å². The summed E-state index contributed by atoms with van der Waals surface area (Å²) in [7, 11) is -3.26. The highest BCUT2D eigenvalue weighted by Gasteiger charge is 2.16. The summed E-state index contributed by atoms with van der Waals surface area (Å²) < 4.78 is 24.8. The van der Waals surface area contributed by atoms with E-state index in [1.165, 1.54) is 10.6 Å². The molecule has 1 amide bonds. The number of rotatable bonds is 8. The Morgan fingerprint density at radius 2 is 1.85 bits per heavy atom. The Morgan fingerprint density at radius 3 is 2.40 bits per heavy atom. The number of hydrogen-bond donors (Lipinski definition) is 1. The lowest BCUT2D eigenvalue weighted by molar-refractivity contribution is -0.120. The normalized spacial score (nSPS) is 11.6. The second kappa shape index (κ2) is 8.01. The number of benzene rings is 1. The third-order valence-electron chi connectivity index (χ3n) is 2.97. The Morgan fingerprint density at radius 1 is 1.20 bits per heavy atom. The smallest absolute Gasteiger partial charge is 0.219 e. The number of carbonyl (C=O) groups excluding carboxylic acids is 1. The maximum atomic E-state index is 11.7. The minimum absolute atomic E-state index is 0.0680. The fourth-order valence-corrected chi connectivity index (χ4v) is 2.63. The fourth-order valence-electron chi connectivity index (χ4n) is 1.79. The molecule has 0 heterocycles. The predicted octanol–water partition coefficient (Wildman–Crippen LogP) is 1.02. The molecule has 20 heavy (non-hydrogen) atoms. The van der Waals surface area contributed by atoms with E-state index in [0.29, 0.717) is 32.5 Å². The van der Waals surface area contributed by atoms with Crippen molar-refractivity contribution in [3.63, 3.8) is 0 Å². The van der Waals surface area contributed by atoms with Gasteiger partial charge in [0.2, 0.25) is 15.9 Å². The van der Waals surface area contributed by atoms with Gasteiger partial charge < -0.3 is 5.32 Å². The summed E-state index contributed by atoms with van der Waals surface area (Å²) in [5.41, 5.74) is 1.10. The molecule has 1 N–H and O–H groups in total. The Labute approximate surface area is 121 Å². The Bertz CT molecular complexity index is 514. The van der Waals surface area contributed by atoms with Crippen molar-refractivity contribution < 1.29 is 13.2 Å². The summed E-state index contributed by atoms with van der Waals surface area (Å²) in [6.45, 7) is 2.83. The van der Waals surface area contributed by atoms with Crippen LogP contribution in [0, 0.1) is 0 Å². The van der Waals surface area contributed by atoms with Crippen LogP contribution in [0.5, 0.6) is 0 Å². The van der Waals surface area contributed by atoms with Gasteiger partial charge in [0, 0.05) is 26.1 Å². The van der Waals surface area contributed by atoms with Gasteiger partial charge in [0.25, 0.3) is 0 Å². The lowest BCUT2D eigenvalue weighted by Gasteiger charge is -2.20. The van der Waals surface area contributed by atoms with Gasteiger partial charge in [0.1, 0.15) is 0 Å². The highest BCUT2D eigenvalue weighted by molar-refractivity contribution is 7.88. The molecular formula is C14H22N2O3S. The monoisotopic (exact) mass is 298 g/mol. The van der Waals surface area contributed by atoms with E-state index in [1.807, 2.05) is 30.3 Å². The number of nitrogens with zero attached hydrogens (tertiary/aromatic N) is 1. The largest absolute Gasteiger partial charge is 0.355 e. The first-order valence-corrected chi connectivity index (χ1v) is 8.54. The molecule has 0 atom stereocenters. The Balaban J connectivity index is 2.51. The van der Waals surface area contributed by atoms with E-state index < -0.39 is 10.0 Å². The topological polar surface area (TPSA) is 66.5 Å².